The van der Waals surface area contributed by atoms with E-state index in [2.05, 4.69) is 12.1 Å². The van der Waals surface area contributed by atoms with Crippen molar-refractivity contribution in [3.05, 3.63) is 65.5 Å². The summed E-state index contributed by atoms with van der Waals surface area (Å²) in [5, 5.41) is 0. The van der Waals surface area contributed by atoms with Crippen molar-refractivity contribution in [2.24, 2.45) is 5.73 Å². The van der Waals surface area contributed by atoms with Gasteiger partial charge in [-0.15, -0.1) is 0 Å². The zero-order chi connectivity index (χ0) is 13.7. The van der Waals surface area contributed by atoms with E-state index in [1.807, 2.05) is 36.2 Å². The summed E-state index contributed by atoms with van der Waals surface area (Å²) in [4.78, 5) is 2.03. The van der Waals surface area contributed by atoms with Crippen LogP contribution in [0.5, 0.6) is 0 Å². The normalized spacial score (nSPS) is 10.5. The van der Waals surface area contributed by atoms with E-state index in [-0.39, 0.29) is 5.82 Å². The number of hydrogen-bond donors (Lipinski definition) is 1. The lowest BCUT2D eigenvalue weighted by atomic mass is 10.1. The molecule has 0 saturated heterocycles. The van der Waals surface area contributed by atoms with Crippen LogP contribution in [0.15, 0.2) is 48.5 Å². The van der Waals surface area contributed by atoms with Crippen molar-refractivity contribution in [2.75, 3.05) is 18.5 Å². The molecule has 0 saturated carbocycles. The standard InChI is InChI=1S/C16H19FN2/c1-19(12-14-4-2-3-5-16(14)17)15-8-6-13(7-9-15)10-11-18/h2-9H,10-12,18H2,1H3. The molecule has 2 aromatic rings. The van der Waals surface area contributed by atoms with Crippen molar-refractivity contribution >= 4 is 5.69 Å². The Morgan fingerprint density at radius 3 is 2.37 bits per heavy atom. The largest absolute Gasteiger partial charge is 0.370 e. The van der Waals surface area contributed by atoms with Crippen molar-refractivity contribution in [1.29, 1.82) is 0 Å². The lowest BCUT2D eigenvalue weighted by Gasteiger charge is -2.20. The van der Waals surface area contributed by atoms with Gasteiger partial charge in [0, 0.05) is 24.8 Å². The summed E-state index contributed by atoms with van der Waals surface area (Å²) in [6, 6.07) is 15.1. The van der Waals surface area contributed by atoms with E-state index in [4.69, 9.17) is 5.73 Å². The second-order valence-corrected chi connectivity index (χ2v) is 4.65. The predicted octanol–water partition coefficient (Wildman–Crippen LogP) is 2.96. The number of halogens is 1. The smallest absolute Gasteiger partial charge is 0.128 e. The summed E-state index contributed by atoms with van der Waals surface area (Å²) in [5.74, 6) is -0.158. The van der Waals surface area contributed by atoms with E-state index >= 15 is 0 Å². The van der Waals surface area contributed by atoms with Gasteiger partial charge < -0.3 is 10.6 Å². The Morgan fingerprint density at radius 1 is 1.05 bits per heavy atom. The van der Waals surface area contributed by atoms with Gasteiger partial charge in [-0.25, -0.2) is 4.39 Å². The number of hydrogen-bond acceptors (Lipinski definition) is 2. The molecule has 0 aromatic heterocycles. The minimum absolute atomic E-state index is 0.158. The fraction of sp³-hybridized carbons (Fsp3) is 0.250. The number of anilines is 1. The SMILES string of the molecule is CN(Cc1ccccc1F)c1ccc(CCN)cc1. The van der Waals surface area contributed by atoms with Gasteiger partial charge in [-0.1, -0.05) is 30.3 Å². The van der Waals surface area contributed by atoms with Gasteiger partial charge in [0.1, 0.15) is 5.82 Å². The maximum absolute atomic E-state index is 13.6. The predicted molar refractivity (Wildman–Crippen MR) is 77.7 cm³/mol. The Bertz CT molecular complexity index is 523. The fourth-order valence-electron chi connectivity index (χ4n) is 2.06. The highest BCUT2D eigenvalue weighted by Crippen LogP contribution is 2.17. The number of benzene rings is 2. The molecule has 2 aromatic carbocycles. The van der Waals surface area contributed by atoms with E-state index in [0.29, 0.717) is 18.7 Å². The van der Waals surface area contributed by atoms with Crippen LogP contribution in [0.4, 0.5) is 10.1 Å². The quantitative estimate of drug-likeness (QED) is 0.893. The highest BCUT2D eigenvalue weighted by atomic mass is 19.1. The molecule has 0 amide bonds. The monoisotopic (exact) mass is 258 g/mol. The number of nitrogens with zero attached hydrogens (tertiary/aromatic N) is 1. The third kappa shape index (κ3) is 3.55. The molecule has 0 unspecified atom stereocenters. The maximum atomic E-state index is 13.6. The zero-order valence-electron chi connectivity index (χ0n) is 11.1. The van der Waals surface area contributed by atoms with Crippen LogP contribution < -0.4 is 10.6 Å². The summed E-state index contributed by atoms with van der Waals surface area (Å²) in [6.45, 7) is 1.22. The summed E-state index contributed by atoms with van der Waals surface area (Å²) in [7, 11) is 1.96. The molecule has 0 bridgehead atoms. The van der Waals surface area contributed by atoms with Crippen LogP contribution in [-0.2, 0) is 13.0 Å². The Labute approximate surface area is 113 Å². The van der Waals surface area contributed by atoms with Crippen molar-refractivity contribution in [3.8, 4) is 0 Å². The molecule has 0 heterocycles. The second-order valence-electron chi connectivity index (χ2n) is 4.65. The van der Waals surface area contributed by atoms with Crippen LogP contribution in [0.2, 0.25) is 0 Å². The Kier molecular flexibility index (Phi) is 4.53. The minimum atomic E-state index is -0.158. The van der Waals surface area contributed by atoms with Crippen LogP contribution in [0.3, 0.4) is 0 Å². The fourth-order valence-corrected chi connectivity index (χ4v) is 2.06. The lowest BCUT2D eigenvalue weighted by molar-refractivity contribution is 0.608. The molecule has 2 rings (SSSR count). The van der Waals surface area contributed by atoms with Gasteiger partial charge in [0.05, 0.1) is 0 Å². The van der Waals surface area contributed by atoms with Crippen molar-refractivity contribution in [1.82, 2.24) is 0 Å². The van der Waals surface area contributed by atoms with Gasteiger partial charge in [-0.05, 0) is 36.7 Å². The first-order chi connectivity index (χ1) is 9.20. The van der Waals surface area contributed by atoms with Gasteiger partial charge >= 0.3 is 0 Å². The summed E-state index contributed by atoms with van der Waals surface area (Å²) >= 11 is 0. The second kappa shape index (κ2) is 6.34. The van der Waals surface area contributed by atoms with E-state index in [9.17, 15) is 4.39 Å². The number of rotatable bonds is 5. The molecule has 0 fully saturated rings. The van der Waals surface area contributed by atoms with E-state index < -0.39 is 0 Å². The molecule has 0 radical (unpaired) electrons. The van der Waals surface area contributed by atoms with Gasteiger partial charge in [0.15, 0.2) is 0 Å². The zero-order valence-corrected chi connectivity index (χ0v) is 11.1. The van der Waals surface area contributed by atoms with Crippen LogP contribution in [0.25, 0.3) is 0 Å². The highest BCUT2D eigenvalue weighted by Gasteiger charge is 2.05. The molecule has 0 spiro atoms. The summed E-state index contributed by atoms with van der Waals surface area (Å²) < 4.78 is 13.6. The molecule has 0 aliphatic rings. The van der Waals surface area contributed by atoms with Crippen molar-refractivity contribution < 1.29 is 4.39 Å². The van der Waals surface area contributed by atoms with Crippen molar-refractivity contribution in [2.45, 2.75) is 13.0 Å². The summed E-state index contributed by atoms with van der Waals surface area (Å²) in [6.07, 6.45) is 0.886. The molecular weight excluding hydrogens is 239 g/mol. The molecule has 0 aliphatic carbocycles. The minimum Gasteiger partial charge on any atom is -0.370 e. The first kappa shape index (κ1) is 13.6. The first-order valence-corrected chi connectivity index (χ1v) is 6.44. The third-order valence-corrected chi connectivity index (χ3v) is 3.18. The Hall–Kier alpha value is -1.87. The Balaban J connectivity index is 2.07. The van der Waals surface area contributed by atoms with Gasteiger partial charge in [0.2, 0.25) is 0 Å². The molecule has 2 N–H and O–H groups in total. The van der Waals surface area contributed by atoms with E-state index in [1.165, 1.54) is 11.6 Å². The molecule has 0 aliphatic heterocycles. The van der Waals surface area contributed by atoms with Gasteiger partial charge in [-0.3, -0.25) is 0 Å². The molecule has 100 valence electrons. The van der Waals surface area contributed by atoms with Gasteiger partial charge in [0.25, 0.3) is 0 Å². The van der Waals surface area contributed by atoms with Crippen LogP contribution >= 0.6 is 0 Å². The van der Waals surface area contributed by atoms with Crippen molar-refractivity contribution in [3.63, 3.8) is 0 Å². The Morgan fingerprint density at radius 2 is 1.74 bits per heavy atom. The van der Waals surface area contributed by atoms with E-state index in [0.717, 1.165) is 12.1 Å². The third-order valence-electron chi connectivity index (χ3n) is 3.18. The van der Waals surface area contributed by atoms with Crippen LogP contribution in [0.1, 0.15) is 11.1 Å². The topological polar surface area (TPSA) is 29.3 Å². The number of nitrogens with two attached hydrogens (primary N) is 1. The average molecular weight is 258 g/mol. The summed E-state index contributed by atoms with van der Waals surface area (Å²) in [5.41, 5.74) is 8.53. The molecular formula is C16H19FN2. The van der Waals surface area contributed by atoms with Crippen LogP contribution in [-0.4, -0.2) is 13.6 Å². The first-order valence-electron chi connectivity index (χ1n) is 6.44. The highest BCUT2D eigenvalue weighted by molar-refractivity contribution is 5.47. The van der Waals surface area contributed by atoms with Gasteiger partial charge in [-0.2, -0.15) is 0 Å². The molecule has 19 heavy (non-hydrogen) atoms. The molecule has 0 atom stereocenters. The molecule has 3 heteroatoms. The maximum Gasteiger partial charge on any atom is 0.128 e. The lowest BCUT2D eigenvalue weighted by Crippen LogP contribution is -2.17. The molecule has 2 nitrogen and oxygen atoms in total. The van der Waals surface area contributed by atoms with E-state index in [1.54, 1.807) is 6.07 Å². The average Bonchev–Trinajstić information content (AvgIpc) is 2.42. The van der Waals surface area contributed by atoms with Crippen LogP contribution in [0, 0.1) is 5.82 Å².